The quantitative estimate of drug-likeness (QED) is 0.365. The number of nitrogens with zero attached hydrogens (tertiary/aromatic N) is 2. The van der Waals surface area contributed by atoms with Crippen molar-refractivity contribution in [2.45, 2.75) is 13.8 Å². The number of halogens is 1. The molecular formula is C20H19ClN4O2S. The van der Waals surface area contributed by atoms with Gasteiger partial charge in [-0.2, -0.15) is 0 Å². The molecule has 0 aliphatic carbocycles. The lowest BCUT2D eigenvalue weighted by Crippen LogP contribution is -2.28. The highest BCUT2D eigenvalue weighted by molar-refractivity contribution is 7.07. The first-order chi connectivity index (χ1) is 13.5. The fraction of sp³-hybridized carbons (Fsp3) is 0.150. The molecule has 28 heavy (non-hydrogen) atoms. The molecule has 0 amide bonds. The molecule has 0 unspecified atom stereocenters. The molecule has 6 nitrogen and oxygen atoms in total. The number of anilines is 1. The van der Waals surface area contributed by atoms with Crippen LogP contribution in [-0.2, 0) is 4.74 Å². The van der Waals surface area contributed by atoms with Crippen molar-refractivity contribution in [1.29, 1.82) is 5.41 Å². The average Bonchev–Trinajstić information content (AvgIpc) is 3.02. The number of aliphatic imine (C=N–C) groups is 1. The first-order valence-corrected chi connectivity index (χ1v) is 9.75. The summed E-state index contributed by atoms with van der Waals surface area (Å²) in [5.41, 5.74) is 2.24. The summed E-state index contributed by atoms with van der Waals surface area (Å²) in [4.78, 5) is 17.4. The zero-order valence-electron chi connectivity index (χ0n) is 15.4. The van der Waals surface area contributed by atoms with Crippen molar-refractivity contribution in [3.8, 4) is 0 Å². The van der Waals surface area contributed by atoms with Gasteiger partial charge in [-0.1, -0.05) is 23.1 Å². The van der Waals surface area contributed by atoms with E-state index in [2.05, 4.69) is 10.3 Å². The van der Waals surface area contributed by atoms with Crippen LogP contribution in [0.25, 0.3) is 0 Å². The lowest BCUT2D eigenvalue weighted by atomic mass is 10.2. The SMILES string of the molecule is CCOC(=O)c1ccc(NC(=Nc2ccc(Cl)cc2)n2sc(C)cc2=N)cc1. The molecule has 2 N–H and O–H groups in total. The number of hydrogen-bond acceptors (Lipinski definition) is 5. The lowest BCUT2D eigenvalue weighted by molar-refractivity contribution is 0.0526. The van der Waals surface area contributed by atoms with Crippen molar-refractivity contribution in [3.05, 3.63) is 75.5 Å². The third kappa shape index (κ3) is 4.88. The second kappa shape index (κ2) is 8.86. The summed E-state index contributed by atoms with van der Waals surface area (Å²) in [5, 5.41) is 12.1. The molecule has 0 aliphatic rings. The highest BCUT2D eigenvalue weighted by Crippen LogP contribution is 2.18. The summed E-state index contributed by atoms with van der Waals surface area (Å²) in [5.74, 6) is 0.120. The Morgan fingerprint density at radius 1 is 1.21 bits per heavy atom. The summed E-state index contributed by atoms with van der Waals surface area (Å²) in [6.45, 7) is 4.04. The Hall–Kier alpha value is -2.90. The number of nitrogens with one attached hydrogen (secondary N) is 2. The number of carbonyl (C=O) groups excluding carboxylic acids is 1. The second-order valence-corrected chi connectivity index (χ2v) is 7.49. The average molecular weight is 415 g/mol. The molecule has 0 saturated carbocycles. The van der Waals surface area contributed by atoms with E-state index in [0.29, 0.717) is 34.3 Å². The first kappa shape index (κ1) is 19.9. The number of rotatable bonds is 4. The minimum absolute atomic E-state index is 0.325. The zero-order chi connectivity index (χ0) is 20.1. The third-order valence-electron chi connectivity index (χ3n) is 3.70. The van der Waals surface area contributed by atoms with Gasteiger partial charge in [-0.3, -0.25) is 5.41 Å². The predicted octanol–water partition coefficient (Wildman–Crippen LogP) is 4.82. The summed E-state index contributed by atoms with van der Waals surface area (Å²) < 4.78 is 6.70. The summed E-state index contributed by atoms with van der Waals surface area (Å²) in [6.07, 6.45) is 0. The van der Waals surface area contributed by atoms with Crippen LogP contribution in [0.1, 0.15) is 22.2 Å². The molecule has 144 valence electrons. The summed E-state index contributed by atoms with van der Waals surface area (Å²) >= 11 is 7.37. The van der Waals surface area contributed by atoms with Crippen molar-refractivity contribution in [3.63, 3.8) is 0 Å². The Labute approximate surface area is 171 Å². The highest BCUT2D eigenvalue weighted by Gasteiger charge is 2.10. The molecule has 1 aromatic heterocycles. The molecule has 0 fully saturated rings. The number of esters is 1. The monoisotopic (exact) mass is 414 g/mol. The van der Waals surface area contributed by atoms with E-state index >= 15 is 0 Å². The van der Waals surface area contributed by atoms with Crippen molar-refractivity contribution in [1.82, 2.24) is 3.96 Å². The first-order valence-electron chi connectivity index (χ1n) is 8.59. The maximum Gasteiger partial charge on any atom is 0.338 e. The topological polar surface area (TPSA) is 79.5 Å². The normalized spacial score (nSPS) is 11.3. The molecule has 0 radical (unpaired) electrons. The largest absolute Gasteiger partial charge is 0.462 e. The number of aromatic nitrogens is 1. The summed E-state index contributed by atoms with van der Waals surface area (Å²) in [6, 6.07) is 15.8. The highest BCUT2D eigenvalue weighted by atomic mass is 35.5. The molecule has 8 heteroatoms. The van der Waals surface area contributed by atoms with Crippen LogP contribution in [-0.4, -0.2) is 22.5 Å². The Morgan fingerprint density at radius 3 is 2.46 bits per heavy atom. The van der Waals surface area contributed by atoms with Crippen LogP contribution in [0, 0.1) is 12.3 Å². The van der Waals surface area contributed by atoms with Gasteiger partial charge in [-0.15, -0.1) is 0 Å². The summed E-state index contributed by atoms with van der Waals surface area (Å²) in [7, 11) is 0. The molecule has 1 heterocycles. The van der Waals surface area contributed by atoms with Crippen LogP contribution >= 0.6 is 23.1 Å². The van der Waals surface area contributed by atoms with Gasteiger partial charge >= 0.3 is 5.97 Å². The van der Waals surface area contributed by atoms with Gasteiger partial charge in [0.2, 0.25) is 5.96 Å². The number of ether oxygens (including phenoxy) is 1. The van der Waals surface area contributed by atoms with E-state index in [4.69, 9.17) is 21.7 Å². The Morgan fingerprint density at radius 2 is 1.89 bits per heavy atom. The maximum absolute atomic E-state index is 11.8. The van der Waals surface area contributed by atoms with E-state index in [9.17, 15) is 4.79 Å². The van der Waals surface area contributed by atoms with Crippen LogP contribution in [0.5, 0.6) is 0 Å². The van der Waals surface area contributed by atoms with E-state index in [1.807, 2.05) is 6.92 Å². The van der Waals surface area contributed by atoms with E-state index in [-0.39, 0.29) is 5.97 Å². The maximum atomic E-state index is 11.8. The van der Waals surface area contributed by atoms with Crippen molar-refractivity contribution < 1.29 is 9.53 Å². The van der Waals surface area contributed by atoms with E-state index in [1.54, 1.807) is 65.5 Å². The third-order valence-corrected chi connectivity index (χ3v) is 4.91. The molecule has 0 aliphatic heterocycles. The lowest BCUT2D eigenvalue weighted by Gasteiger charge is -2.11. The van der Waals surface area contributed by atoms with Gasteiger partial charge in [-0.25, -0.2) is 13.7 Å². The van der Waals surface area contributed by atoms with Gasteiger partial charge < -0.3 is 10.1 Å². The van der Waals surface area contributed by atoms with Crippen LogP contribution in [0.2, 0.25) is 5.02 Å². The van der Waals surface area contributed by atoms with Crippen LogP contribution < -0.4 is 10.8 Å². The molecule has 0 spiro atoms. The van der Waals surface area contributed by atoms with Gasteiger partial charge in [0.05, 0.1) is 17.9 Å². The number of benzene rings is 2. The van der Waals surface area contributed by atoms with Crippen LogP contribution in [0.4, 0.5) is 11.4 Å². The molecule has 3 rings (SSSR count). The molecule has 0 bridgehead atoms. The smallest absolute Gasteiger partial charge is 0.338 e. The number of aryl methyl sites for hydroxylation is 1. The van der Waals surface area contributed by atoms with Crippen LogP contribution in [0.3, 0.4) is 0 Å². The van der Waals surface area contributed by atoms with E-state index in [0.717, 1.165) is 10.6 Å². The minimum atomic E-state index is -0.360. The van der Waals surface area contributed by atoms with Crippen molar-refractivity contribution in [2.24, 2.45) is 4.99 Å². The Bertz CT molecular complexity index is 1050. The van der Waals surface area contributed by atoms with Gasteiger partial charge in [0.15, 0.2) is 0 Å². The minimum Gasteiger partial charge on any atom is -0.462 e. The fourth-order valence-corrected chi connectivity index (χ4v) is 3.33. The predicted molar refractivity (Wildman–Crippen MR) is 113 cm³/mol. The van der Waals surface area contributed by atoms with Gasteiger partial charge in [0.25, 0.3) is 0 Å². The number of carbonyl (C=O) groups is 1. The molecule has 2 aromatic carbocycles. The van der Waals surface area contributed by atoms with E-state index in [1.165, 1.54) is 11.5 Å². The molecule has 3 aromatic rings. The molecular weight excluding hydrogens is 396 g/mol. The van der Waals surface area contributed by atoms with Crippen molar-refractivity contribution in [2.75, 3.05) is 11.9 Å². The standard InChI is InChI=1S/C20H19ClN4O2S/c1-3-27-19(26)14-4-8-16(9-5-14)23-20(25-18(22)12-13(2)28-25)24-17-10-6-15(21)7-11-17/h4-12,22H,3H2,1-2H3,(H,23,24). The zero-order valence-corrected chi connectivity index (χ0v) is 17.0. The van der Waals surface area contributed by atoms with Crippen molar-refractivity contribution >= 4 is 46.4 Å². The number of hydrogen-bond donors (Lipinski definition) is 2. The van der Waals surface area contributed by atoms with Gasteiger partial charge in [0, 0.05) is 15.6 Å². The fourth-order valence-electron chi connectivity index (χ4n) is 2.42. The Kier molecular flexibility index (Phi) is 6.28. The van der Waals surface area contributed by atoms with E-state index < -0.39 is 0 Å². The van der Waals surface area contributed by atoms with Gasteiger partial charge in [0.1, 0.15) is 5.49 Å². The molecule has 0 atom stereocenters. The molecule has 0 saturated heterocycles. The Balaban J connectivity index is 1.93. The van der Waals surface area contributed by atoms with Gasteiger partial charge in [-0.05, 0) is 68.4 Å². The second-order valence-electron chi connectivity index (χ2n) is 5.86. The van der Waals surface area contributed by atoms with Crippen LogP contribution in [0.15, 0.2) is 59.6 Å².